The third kappa shape index (κ3) is 7.67. The average molecular weight is 553 g/mol. The van der Waals surface area contributed by atoms with E-state index in [-0.39, 0.29) is 23.9 Å². The van der Waals surface area contributed by atoms with Crippen molar-refractivity contribution in [3.05, 3.63) is 70.8 Å². The molecule has 8 nitrogen and oxygen atoms in total. The van der Waals surface area contributed by atoms with Crippen molar-refractivity contribution in [3.8, 4) is 0 Å². The lowest BCUT2D eigenvalue weighted by molar-refractivity contribution is -0.126. The van der Waals surface area contributed by atoms with Gasteiger partial charge < -0.3 is 19.7 Å². The van der Waals surface area contributed by atoms with Gasteiger partial charge >= 0.3 is 0 Å². The standard InChI is InChI=1S/C28H35ClN6O2.C2H6/c1-19-17-21(13-14-30-19)28(37)31-20(2)27-32-24-11-7-10-23(29)26(24)35(27)22-9-5-6-16-34(18-22)25(36)12-8-15-33(3)4;1-2/h7-8,10-14,17,20,22H,5-6,9,15-16,18H2,1-4H3,(H,31,37);1-2H3/b12-8+;. The number of hydrogen-bond acceptors (Lipinski definition) is 5. The molecule has 2 aromatic heterocycles. The Balaban J connectivity index is 0.00000205. The van der Waals surface area contributed by atoms with E-state index in [2.05, 4.69) is 14.9 Å². The predicted octanol–water partition coefficient (Wildman–Crippen LogP) is 5.58. The molecular formula is C30H41ClN6O2. The summed E-state index contributed by atoms with van der Waals surface area (Å²) in [5, 5.41) is 3.70. The fraction of sp³-hybridized carbons (Fsp3) is 0.467. The van der Waals surface area contributed by atoms with E-state index in [1.54, 1.807) is 24.4 Å². The zero-order valence-electron chi connectivity index (χ0n) is 23.9. The number of carbonyl (C=O) groups is 2. The Labute approximate surface area is 237 Å². The number of pyridine rings is 1. The number of nitrogens with one attached hydrogen (secondary N) is 1. The molecule has 1 aromatic carbocycles. The molecule has 3 heterocycles. The molecule has 0 saturated carbocycles. The van der Waals surface area contributed by atoms with Gasteiger partial charge in [-0.1, -0.05) is 37.6 Å². The van der Waals surface area contributed by atoms with Gasteiger partial charge in [0.25, 0.3) is 5.91 Å². The van der Waals surface area contributed by atoms with Gasteiger partial charge in [0.15, 0.2) is 0 Å². The van der Waals surface area contributed by atoms with Gasteiger partial charge in [-0.15, -0.1) is 0 Å². The molecule has 210 valence electrons. The molecule has 9 heteroatoms. The maximum absolute atomic E-state index is 13.0. The Bertz CT molecular complexity index is 1300. The highest BCUT2D eigenvalue weighted by Crippen LogP contribution is 2.34. The quantitative estimate of drug-likeness (QED) is 0.387. The van der Waals surface area contributed by atoms with Crippen LogP contribution in [0.1, 0.15) is 74.0 Å². The van der Waals surface area contributed by atoms with Crippen LogP contribution < -0.4 is 5.32 Å². The van der Waals surface area contributed by atoms with Crippen LogP contribution in [0, 0.1) is 6.92 Å². The highest BCUT2D eigenvalue weighted by molar-refractivity contribution is 6.35. The molecule has 1 aliphatic rings. The Morgan fingerprint density at radius 1 is 1.23 bits per heavy atom. The monoisotopic (exact) mass is 552 g/mol. The number of benzene rings is 1. The number of halogens is 1. The van der Waals surface area contributed by atoms with E-state index in [1.807, 2.05) is 75.9 Å². The molecular weight excluding hydrogens is 512 g/mol. The molecule has 0 aliphatic carbocycles. The van der Waals surface area contributed by atoms with Gasteiger partial charge in [0.1, 0.15) is 5.82 Å². The van der Waals surface area contributed by atoms with Crippen LogP contribution in [-0.2, 0) is 4.79 Å². The number of likely N-dealkylation sites (tertiary alicyclic amines) is 1. The molecule has 2 unspecified atom stereocenters. The topological polar surface area (TPSA) is 83.4 Å². The van der Waals surface area contributed by atoms with Crippen molar-refractivity contribution in [2.75, 3.05) is 33.7 Å². The minimum atomic E-state index is -0.378. The summed E-state index contributed by atoms with van der Waals surface area (Å²) in [5.74, 6) is 0.552. The van der Waals surface area contributed by atoms with Crippen molar-refractivity contribution in [1.29, 1.82) is 0 Å². The number of carbonyl (C=O) groups excluding carboxylic acids is 2. The van der Waals surface area contributed by atoms with Gasteiger partial charge in [0.2, 0.25) is 5.91 Å². The number of rotatable bonds is 7. The fourth-order valence-corrected chi connectivity index (χ4v) is 5.09. The van der Waals surface area contributed by atoms with Crippen molar-refractivity contribution < 1.29 is 9.59 Å². The second kappa shape index (κ2) is 14.2. The first-order valence-electron chi connectivity index (χ1n) is 13.7. The van der Waals surface area contributed by atoms with Crippen molar-refractivity contribution >= 4 is 34.4 Å². The molecule has 1 saturated heterocycles. The molecule has 1 aliphatic heterocycles. The number of likely N-dealkylation sites (N-methyl/N-ethyl adjacent to an activating group) is 1. The number of amides is 2. The molecule has 1 N–H and O–H groups in total. The van der Waals surface area contributed by atoms with E-state index in [9.17, 15) is 9.59 Å². The first-order chi connectivity index (χ1) is 18.7. The van der Waals surface area contributed by atoms with E-state index in [0.29, 0.717) is 30.2 Å². The molecule has 39 heavy (non-hydrogen) atoms. The van der Waals surface area contributed by atoms with E-state index in [4.69, 9.17) is 16.6 Å². The average Bonchev–Trinajstić information content (AvgIpc) is 3.14. The minimum Gasteiger partial charge on any atom is -0.342 e. The zero-order chi connectivity index (χ0) is 28.5. The Morgan fingerprint density at radius 3 is 2.72 bits per heavy atom. The molecule has 3 aromatic rings. The number of aromatic nitrogens is 3. The third-order valence-electron chi connectivity index (χ3n) is 6.64. The van der Waals surface area contributed by atoms with Gasteiger partial charge in [-0.3, -0.25) is 14.6 Å². The predicted molar refractivity (Wildman–Crippen MR) is 158 cm³/mol. The number of imidazole rings is 1. The fourth-order valence-electron chi connectivity index (χ4n) is 4.83. The van der Waals surface area contributed by atoms with Crippen molar-refractivity contribution in [1.82, 2.24) is 29.7 Å². The Hall–Kier alpha value is -3.23. The lowest BCUT2D eigenvalue weighted by Gasteiger charge is -2.27. The summed E-state index contributed by atoms with van der Waals surface area (Å²) in [5.41, 5.74) is 2.94. The van der Waals surface area contributed by atoms with E-state index < -0.39 is 0 Å². The molecule has 1 fully saturated rings. The highest BCUT2D eigenvalue weighted by Gasteiger charge is 2.29. The van der Waals surface area contributed by atoms with Crippen LogP contribution in [0.25, 0.3) is 11.0 Å². The summed E-state index contributed by atoms with van der Waals surface area (Å²) in [4.78, 5) is 39.1. The first-order valence-corrected chi connectivity index (χ1v) is 14.1. The maximum Gasteiger partial charge on any atom is 0.251 e. The van der Waals surface area contributed by atoms with E-state index in [0.717, 1.165) is 41.8 Å². The second-order valence-electron chi connectivity index (χ2n) is 9.93. The molecule has 0 bridgehead atoms. The van der Waals surface area contributed by atoms with Crippen LogP contribution in [0.5, 0.6) is 0 Å². The number of hydrogen-bond donors (Lipinski definition) is 1. The molecule has 0 radical (unpaired) electrons. The molecule has 4 rings (SSSR count). The minimum absolute atomic E-state index is 0.0141. The van der Waals surface area contributed by atoms with Gasteiger partial charge in [-0.2, -0.15) is 0 Å². The van der Waals surface area contributed by atoms with Crippen LogP contribution in [0.15, 0.2) is 48.7 Å². The van der Waals surface area contributed by atoms with Gasteiger partial charge in [0, 0.05) is 43.2 Å². The number of para-hydroxylation sites is 1. The largest absolute Gasteiger partial charge is 0.342 e. The molecule has 2 amide bonds. The summed E-state index contributed by atoms with van der Waals surface area (Å²) in [7, 11) is 3.95. The van der Waals surface area contributed by atoms with Crippen LogP contribution in [0.3, 0.4) is 0 Å². The normalized spacial score (nSPS) is 16.6. The van der Waals surface area contributed by atoms with Crippen molar-refractivity contribution in [2.45, 2.75) is 59.0 Å². The van der Waals surface area contributed by atoms with Gasteiger partial charge in [0.05, 0.1) is 28.1 Å². The van der Waals surface area contributed by atoms with Gasteiger partial charge in [-0.25, -0.2) is 4.98 Å². The highest BCUT2D eigenvalue weighted by atomic mass is 35.5. The lowest BCUT2D eigenvalue weighted by Crippen LogP contribution is -2.36. The maximum atomic E-state index is 13.0. The summed E-state index contributed by atoms with van der Waals surface area (Å²) < 4.78 is 2.15. The Kier molecular flexibility index (Phi) is 11.1. The number of aryl methyl sites for hydroxylation is 1. The van der Waals surface area contributed by atoms with Crippen LogP contribution in [0.4, 0.5) is 0 Å². The third-order valence-corrected chi connectivity index (χ3v) is 6.94. The summed E-state index contributed by atoms with van der Waals surface area (Å²) >= 11 is 6.70. The van der Waals surface area contributed by atoms with Crippen molar-refractivity contribution in [3.63, 3.8) is 0 Å². The smallest absolute Gasteiger partial charge is 0.251 e. The van der Waals surface area contributed by atoms with E-state index in [1.165, 1.54) is 0 Å². The van der Waals surface area contributed by atoms with Crippen LogP contribution in [-0.4, -0.2) is 69.9 Å². The van der Waals surface area contributed by atoms with Crippen LogP contribution >= 0.6 is 11.6 Å². The lowest BCUT2D eigenvalue weighted by atomic mass is 10.1. The molecule has 0 spiro atoms. The number of nitrogens with zero attached hydrogens (tertiary/aromatic N) is 5. The summed E-state index contributed by atoms with van der Waals surface area (Å²) in [6, 6.07) is 8.75. The van der Waals surface area contributed by atoms with E-state index >= 15 is 0 Å². The molecule has 2 atom stereocenters. The van der Waals surface area contributed by atoms with Crippen molar-refractivity contribution in [2.24, 2.45) is 0 Å². The second-order valence-corrected chi connectivity index (χ2v) is 10.3. The van der Waals surface area contributed by atoms with Gasteiger partial charge in [-0.05, 0) is 71.5 Å². The first kappa shape index (κ1) is 30.3. The zero-order valence-corrected chi connectivity index (χ0v) is 24.7. The summed E-state index contributed by atoms with van der Waals surface area (Å²) in [6.45, 7) is 9.77. The Morgan fingerprint density at radius 2 is 2.00 bits per heavy atom. The van der Waals surface area contributed by atoms with Crippen LogP contribution in [0.2, 0.25) is 5.02 Å². The summed E-state index contributed by atoms with van der Waals surface area (Å²) in [6.07, 6.45) is 8.01. The number of fused-ring (bicyclic) bond motifs is 1. The SMILES string of the molecule is CC.Cc1cc(C(=O)NC(C)c2nc3cccc(Cl)c3n2C2CCCCN(C(=O)/C=C/CN(C)C)C2)ccn1.